The van der Waals surface area contributed by atoms with Crippen LogP contribution < -0.4 is 5.32 Å². The molecule has 19 heteroatoms. The van der Waals surface area contributed by atoms with Gasteiger partial charge < -0.3 is 89.9 Å². The zero-order valence-electron chi connectivity index (χ0n) is 59.8. The van der Waals surface area contributed by atoms with Crippen LogP contribution in [0.15, 0.2) is 85.1 Å². The predicted molar refractivity (Wildman–Crippen MR) is 383 cm³/mol. The molecule has 0 aliphatic carbocycles. The molecule has 12 N–H and O–H groups in total. The molecule has 3 aliphatic heterocycles. The van der Waals surface area contributed by atoms with Crippen LogP contribution in [0.1, 0.15) is 271 Å². The van der Waals surface area contributed by atoms with Gasteiger partial charge in [-0.3, -0.25) is 4.79 Å². The first-order valence-corrected chi connectivity index (χ1v) is 38.3. The smallest absolute Gasteiger partial charge is 0.220 e. The van der Waals surface area contributed by atoms with E-state index in [1.165, 1.54) is 167 Å². The second kappa shape index (κ2) is 58.5. The van der Waals surface area contributed by atoms with Gasteiger partial charge in [0.1, 0.15) is 73.2 Å². The Balaban J connectivity index is 1.32. The van der Waals surface area contributed by atoms with Crippen LogP contribution in [0.5, 0.6) is 0 Å². The average molecular weight is 1380 g/mol. The Morgan fingerprint density at radius 1 is 0.381 bits per heavy atom. The highest BCUT2D eigenvalue weighted by molar-refractivity contribution is 5.76. The highest BCUT2D eigenvalue weighted by Gasteiger charge is 2.53. The molecule has 0 aromatic rings. The van der Waals surface area contributed by atoms with Crippen molar-refractivity contribution in [3.05, 3.63) is 85.1 Å². The van der Waals surface area contributed by atoms with E-state index in [1.54, 1.807) is 6.08 Å². The minimum absolute atomic E-state index is 0.235. The minimum atomic E-state index is -1.98. The minimum Gasteiger partial charge on any atom is -0.394 e. The van der Waals surface area contributed by atoms with Gasteiger partial charge in [0.05, 0.1) is 38.6 Å². The number of unbranched alkanes of at least 4 members (excludes halogenated alkanes) is 31. The Labute approximate surface area is 584 Å². The van der Waals surface area contributed by atoms with Gasteiger partial charge in [0, 0.05) is 6.42 Å². The monoisotopic (exact) mass is 1380 g/mol. The molecular formula is C78H137NO18. The van der Waals surface area contributed by atoms with E-state index in [9.17, 15) is 61.0 Å². The molecule has 97 heavy (non-hydrogen) atoms. The predicted octanol–water partition coefficient (Wildman–Crippen LogP) is 11.8. The number of rotatable bonds is 59. The SMILES string of the molecule is CC/C=C\C/C=C\C/C=C\C/C=C\C/C=C\CCCCCCCCCCCCCCCCCCCCCCCC(=O)NC(COC1OC(CO)C(OC2OC(CO)C(OC3OC(CO)C(O)C(O)C3O)C(O)C2O)C(O)C1O)C(O)/C=C/CC/C=C/CCCCCCCCCCC. The van der Waals surface area contributed by atoms with E-state index in [0.717, 1.165) is 70.6 Å². The number of carbonyl (C=O) groups is 1. The van der Waals surface area contributed by atoms with Crippen molar-refractivity contribution in [2.45, 2.75) is 375 Å². The van der Waals surface area contributed by atoms with Crippen molar-refractivity contribution in [1.82, 2.24) is 5.32 Å². The molecule has 562 valence electrons. The third-order valence-electron chi connectivity index (χ3n) is 18.7. The van der Waals surface area contributed by atoms with Gasteiger partial charge in [-0.05, 0) is 77.0 Å². The topological polar surface area (TPSA) is 307 Å². The van der Waals surface area contributed by atoms with Crippen LogP contribution in [0.4, 0.5) is 0 Å². The molecule has 3 fully saturated rings. The van der Waals surface area contributed by atoms with Gasteiger partial charge >= 0.3 is 0 Å². The van der Waals surface area contributed by atoms with E-state index in [0.29, 0.717) is 12.8 Å². The second-order valence-corrected chi connectivity index (χ2v) is 27.1. The van der Waals surface area contributed by atoms with E-state index in [1.807, 2.05) is 6.08 Å². The van der Waals surface area contributed by atoms with Crippen molar-refractivity contribution < 1.29 is 89.4 Å². The summed E-state index contributed by atoms with van der Waals surface area (Å²) in [6.07, 6.45) is 50.2. The lowest BCUT2D eigenvalue weighted by atomic mass is 9.96. The lowest BCUT2D eigenvalue weighted by molar-refractivity contribution is -0.379. The van der Waals surface area contributed by atoms with Crippen LogP contribution in [-0.4, -0.2) is 193 Å². The first kappa shape index (κ1) is 88.2. The first-order valence-electron chi connectivity index (χ1n) is 38.3. The summed E-state index contributed by atoms with van der Waals surface area (Å²) in [6, 6.07) is -0.992. The fourth-order valence-corrected chi connectivity index (χ4v) is 12.5. The van der Waals surface area contributed by atoms with Crippen LogP contribution in [0.3, 0.4) is 0 Å². The quantitative estimate of drug-likeness (QED) is 0.0199. The van der Waals surface area contributed by atoms with Crippen molar-refractivity contribution in [3.8, 4) is 0 Å². The standard InChI is InChI=1S/C78H137NO18/c1-3-5-7-9-11-13-15-17-19-20-21-22-23-24-25-26-27-28-29-30-31-32-33-34-35-36-37-38-39-40-42-44-46-48-50-52-54-56-66(84)79-61(62(83)55-53-51-49-47-45-43-41-18-16-14-12-10-8-6-4-2)60-92-76-72(90)69(87)74(64(58-81)94-76)97-78-73(91)70(88)75(65(59-82)95-78)96-77-71(89)68(86)67(85)63(57-80)93-77/h5,7,11,13,17,19,21-22,24-25,45,47,53,55,61-65,67-78,80-83,85-91H,3-4,6,8-10,12,14-16,18,20,23,26-44,46,48-52,54,56-60H2,1-2H3,(H,79,84)/b7-5-,13-11-,19-17-,22-21-,25-24-,47-45+,55-53+. The van der Waals surface area contributed by atoms with E-state index in [4.69, 9.17) is 28.4 Å². The van der Waals surface area contributed by atoms with Gasteiger partial charge in [-0.2, -0.15) is 0 Å². The maximum absolute atomic E-state index is 13.4. The maximum atomic E-state index is 13.4. The number of hydrogen-bond acceptors (Lipinski definition) is 18. The zero-order chi connectivity index (χ0) is 70.4. The fraction of sp³-hybridized carbons (Fsp3) is 0.808. The van der Waals surface area contributed by atoms with E-state index < -0.39 is 124 Å². The summed E-state index contributed by atoms with van der Waals surface area (Å²) in [5.41, 5.74) is 0. The molecule has 17 unspecified atom stereocenters. The van der Waals surface area contributed by atoms with Gasteiger partial charge in [-0.15, -0.1) is 0 Å². The average Bonchev–Trinajstić information content (AvgIpc) is 0.789. The van der Waals surface area contributed by atoms with Gasteiger partial charge in [0.25, 0.3) is 0 Å². The Hall–Kier alpha value is -3.03. The molecule has 3 rings (SSSR count). The number of aliphatic hydroxyl groups is 11. The lowest BCUT2D eigenvalue weighted by Gasteiger charge is -2.48. The molecule has 3 aliphatic rings. The summed E-state index contributed by atoms with van der Waals surface area (Å²) in [5, 5.41) is 121. The van der Waals surface area contributed by atoms with Gasteiger partial charge in [-0.1, -0.05) is 272 Å². The van der Waals surface area contributed by atoms with E-state index in [-0.39, 0.29) is 18.9 Å². The fourth-order valence-electron chi connectivity index (χ4n) is 12.5. The lowest BCUT2D eigenvalue weighted by Crippen LogP contribution is -2.66. The summed E-state index contributed by atoms with van der Waals surface area (Å²) in [6.45, 7) is 1.60. The first-order chi connectivity index (χ1) is 47.3. The molecule has 3 heterocycles. The normalized spacial score (nSPS) is 27.4. The number of carbonyl (C=O) groups excluding carboxylic acids is 1. The van der Waals surface area contributed by atoms with Gasteiger partial charge in [-0.25, -0.2) is 0 Å². The third kappa shape index (κ3) is 39.3. The highest BCUT2D eigenvalue weighted by Crippen LogP contribution is 2.33. The summed E-state index contributed by atoms with van der Waals surface area (Å²) < 4.78 is 34.4. The van der Waals surface area contributed by atoms with Crippen LogP contribution in [0.25, 0.3) is 0 Å². The van der Waals surface area contributed by atoms with E-state index in [2.05, 4.69) is 92.1 Å². The van der Waals surface area contributed by atoms with Gasteiger partial charge in [0.15, 0.2) is 18.9 Å². The Morgan fingerprint density at radius 3 is 1.15 bits per heavy atom. The number of ether oxygens (including phenoxy) is 6. The molecule has 0 bridgehead atoms. The number of hydrogen-bond donors (Lipinski definition) is 12. The van der Waals surface area contributed by atoms with Crippen molar-refractivity contribution in [2.75, 3.05) is 26.4 Å². The zero-order valence-corrected chi connectivity index (χ0v) is 59.8. The molecule has 19 nitrogen and oxygen atoms in total. The van der Waals surface area contributed by atoms with Crippen LogP contribution >= 0.6 is 0 Å². The third-order valence-corrected chi connectivity index (χ3v) is 18.7. The maximum Gasteiger partial charge on any atom is 0.220 e. The molecular weight excluding hydrogens is 1240 g/mol. The van der Waals surface area contributed by atoms with Crippen molar-refractivity contribution in [2.24, 2.45) is 0 Å². The highest BCUT2D eigenvalue weighted by atomic mass is 16.8. The molecule has 0 aromatic carbocycles. The summed E-state index contributed by atoms with van der Waals surface area (Å²) in [5.74, 6) is -0.284. The molecule has 17 atom stereocenters. The Kier molecular flexibility index (Phi) is 53.2. The van der Waals surface area contributed by atoms with Crippen molar-refractivity contribution in [3.63, 3.8) is 0 Å². The molecule has 3 saturated heterocycles. The molecule has 1 amide bonds. The molecule has 0 saturated carbocycles. The number of allylic oxidation sites excluding steroid dienone is 13. The molecule has 0 spiro atoms. The molecule has 0 aromatic heterocycles. The van der Waals surface area contributed by atoms with Crippen molar-refractivity contribution >= 4 is 5.91 Å². The molecule has 0 radical (unpaired) electrons. The summed E-state index contributed by atoms with van der Waals surface area (Å²) in [4.78, 5) is 13.4. The number of nitrogens with one attached hydrogen (secondary N) is 1. The second-order valence-electron chi connectivity index (χ2n) is 27.1. The Morgan fingerprint density at radius 2 is 0.722 bits per heavy atom. The number of amides is 1. The number of aliphatic hydroxyl groups excluding tert-OH is 11. The van der Waals surface area contributed by atoms with Gasteiger partial charge in [0.2, 0.25) is 5.91 Å². The summed E-state index contributed by atoms with van der Waals surface area (Å²) >= 11 is 0. The van der Waals surface area contributed by atoms with Crippen molar-refractivity contribution in [1.29, 1.82) is 0 Å². The Bertz CT molecular complexity index is 2080. The van der Waals surface area contributed by atoms with E-state index >= 15 is 0 Å². The summed E-state index contributed by atoms with van der Waals surface area (Å²) in [7, 11) is 0. The van der Waals surface area contributed by atoms with Crippen LogP contribution in [-0.2, 0) is 33.2 Å². The van der Waals surface area contributed by atoms with Crippen LogP contribution in [0, 0.1) is 0 Å². The largest absolute Gasteiger partial charge is 0.394 e. The van der Waals surface area contributed by atoms with Crippen LogP contribution in [0.2, 0.25) is 0 Å².